The lowest BCUT2D eigenvalue weighted by Gasteiger charge is -2.31. The molecule has 0 bridgehead atoms. The smallest absolute Gasteiger partial charge is 0.389 e. The van der Waals surface area contributed by atoms with E-state index in [4.69, 9.17) is 5.11 Å². The van der Waals surface area contributed by atoms with E-state index in [9.17, 15) is 22.8 Å². The number of carbonyl (C=O) groups is 2. The van der Waals surface area contributed by atoms with Crippen molar-refractivity contribution in [2.45, 2.75) is 51.1 Å². The average Bonchev–Trinajstić information content (AvgIpc) is 2.18. The lowest BCUT2D eigenvalue weighted by atomic mass is 9.70. The zero-order valence-corrected chi connectivity index (χ0v) is 9.35. The molecule has 1 saturated carbocycles. The Kier molecular flexibility index (Phi) is 4.16. The monoisotopic (exact) mass is 252 g/mol. The summed E-state index contributed by atoms with van der Waals surface area (Å²) in [5, 5.41) is 9.09. The molecule has 1 rings (SSSR count). The molecule has 0 radical (unpaired) electrons. The predicted octanol–water partition coefficient (Wildman–Crippen LogP) is 2.93. The lowest BCUT2D eigenvalue weighted by Crippen LogP contribution is -2.41. The van der Waals surface area contributed by atoms with Gasteiger partial charge >= 0.3 is 12.1 Å². The SMILES string of the molecule is O=C(O)C1(CCCC(F)(F)F)CCCCC1=O. The van der Waals surface area contributed by atoms with Gasteiger partial charge in [-0.25, -0.2) is 0 Å². The molecule has 0 saturated heterocycles. The molecule has 0 aromatic heterocycles. The first-order chi connectivity index (χ1) is 7.78. The molecule has 6 heteroatoms. The highest BCUT2D eigenvalue weighted by Gasteiger charge is 2.46. The van der Waals surface area contributed by atoms with Crippen molar-refractivity contribution in [3.05, 3.63) is 0 Å². The van der Waals surface area contributed by atoms with Gasteiger partial charge in [-0.2, -0.15) is 13.2 Å². The van der Waals surface area contributed by atoms with E-state index in [0.29, 0.717) is 12.8 Å². The second-order valence-corrected chi connectivity index (χ2v) is 4.49. The summed E-state index contributed by atoms with van der Waals surface area (Å²) in [6.45, 7) is 0. The second kappa shape index (κ2) is 5.06. The molecule has 1 aliphatic carbocycles. The van der Waals surface area contributed by atoms with E-state index in [1.54, 1.807) is 0 Å². The number of ketones is 1. The van der Waals surface area contributed by atoms with Crippen molar-refractivity contribution in [3.8, 4) is 0 Å². The van der Waals surface area contributed by atoms with Crippen LogP contribution in [0.3, 0.4) is 0 Å². The van der Waals surface area contributed by atoms with Gasteiger partial charge in [0, 0.05) is 12.8 Å². The molecule has 17 heavy (non-hydrogen) atoms. The van der Waals surface area contributed by atoms with Crippen LogP contribution in [0.1, 0.15) is 44.9 Å². The van der Waals surface area contributed by atoms with Crippen LogP contribution in [0, 0.1) is 5.41 Å². The van der Waals surface area contributed by atoms with Crippen molar-refractivity contribution in [1.29, 1.82) is 0 Å². The molecule has 98 valence electrons. The van der Waals surface area contributed by atoms with E-state index in [1.807, 2.05) is 0 Å². The summed E-state index contributed by atoms with van der Waals surface area (Å²) in [5.41, 5.74) is -1.57. The standard InChI is InChI=1S/C11H15F3O3/c12-11(13,14)7-3-6-10(9(16)17)5-2-1-4-8(10)15/h1-7H2,(H,16,17). The number of Topliss-reactive ketones (excluding diaryl/α,β-unsaturated/α-hetero) is 1. The summed E-state index contributed by atoms with van der Waals surface area (Å²) in [7, 11) is 0. The topological polar surface area (TPSA) is 54.4 Å². The second-order valence-electron chi connectivity index (χ2n) is 4.49. The van der Waals surface area contributed by atoms with Crippen LogP contribution in [0.2, 0.25) is 0 Å². The summed E-state index contributed by atoms with van der Waals surface area (Å²) < 4.78 is 36.0. The number of aliphatic carboxylic acids is 1. The van der Waals surface area contributed by atoms with Gasteiger partial charge in [0.15, 0.2) is 0 Å². The molecule has 1 N–H and O–H groups in total. The molecule has 1 fully saturated rings. The Hall–Kier alpha value is -1.07. The van der Waals surface area contributed by atoms with Crippen LogP contribution in [0.25, 0.3) is 0 Å². The van der Waals surface area contributed by atoms with Crippen LogP contribution >= 0.6 is 0 Å². The number of hydrogen-bond acceptors (Lipinski definition) is 2. The van der Waals surface area contributed by atoms with Crippen LogP contribution in [0.5, 0.6) is 0 Å². The molecule has 0 aromatic carbocycles. The van der Waals surface area contributed by atoms with Gasteiger partial charge < -0.3 is 5.11 Å². The molecule has 0 amide bonds. The van der Waals surface area contributed by atoms with E-state index in [0.717, 1.165) is 0 Å². The number of hydrogen-bond donors (Lipinski definition) is 1. The number of carbonyl (C=O) groups excluding carboxylic acids is 1. The Morgan fingerprint density at radius 1 is 1.35 bits per heavy atom. The summed E-state index contributed by atoms with van der Waals surface area (Å²) in [5.74, 6) is -1.69. The van der Waals surface area contributed by atoms with Crippen molar-refractivity contribution in [3.63, 3.8) is 0 Å². The Bertz CT molecular complexity index is 312. The molecule has 1 unspecified atom stereocenters. The van der Waals surface area contributed by atoms with Crippen LogP contribution < -0.4 is 0 Å². The van der Waals surface area contributed by atoms with Gasteiger partial charge in [-0.1, -0.05) is 6.42 Å². The molecule has 3 nitrogen and oxygen atoms in total. The fourth-order valence-corrected chi connectivity index (χ4v) is 2.28. The molecule has 1 atom stereocenters. The zero-order valence-electron chi connectivity index (χ0n) is 9.35. The van der Waals surface area contributed by atoms with Gasteiger partial charge in [-0.05, 0) is 25.7 Å². The highest BCUT2D eigenvalue weighted by Crippen LogP contribution is 2.39. The highest BCUT2D eigenvalue weighted by atomic mass is 19.4. The van der Waals surface area contributed by atoms with Crippen molar-refractivity contribution in [2.75, 3.05) is 0 Å². The Balaban J connectivity index is 2.66. The maximum absolute atomic E-state index is 12.0. The first kappa shape index (κ1) is 14.0. The number of alkyl halides is 3. The zero-order chi connectivity index (χ0) is 13.1. The summed E-state index contributed by atoms with van der Waals surface area (Å²) >= 11 is 0. The minimum Gasteiger partial charge on any atom is -0.480 e. The fourth-order valence-electron chi connectivity index (χ4n) is 2.28. The minimum absolute atomic E-state index is 0.165. The molecule has 1 aliphatic rings. The molecular formula is C11H15F3O3. The number of carboxylic acid groups (broad SMARTS) is 1. The number of rotatable bonds is 4. The number of halogens is 3. The minimum atomic E-state index is -4.29. The summed E-state index contributed by atoms with van der Waals surface area (Å²) in [6, 6.07) is 0. The summed E-state index contributed by atoms with van der Waals surface area (Å²) in [6.07, 6.45) is -4.29. The predicted molar refractivity (Wildman–Crippen MR) is 53.4 cm³/mol. The van der Waals surface area contributed by atoms with Crippen molar-refractivity contribution >= 4 is 11.8 Å². The molecule has 0 spiro atoms. The highest BCUT2D eigenvalue weighted by molar-refractivity contribution is 6.03. The molecule has 0 heterocycles. The molecule has 0 aromatic rings. The van der Waals surface area contributed by atoms with Gasteiger partial charge in [0.05, 0.1) is 0 Å². The van der Waals surface area contributed by atoms with E-state index >= 15 is 0 Å². The van der Waals surface area contributed by atoms with Crippen LogP contribution in [-0.4, -0.2) is 23.0 Å². The largest absolute Gasteiger partial charge is 0.480 e. The first-order valence-electron chi connectivity index (χ1n) is 5.61. The van der Waals surface area contributed by atoms with Crippen molar-refractivity contribution in [2.24, 2.45) is 5.41 Å². The van der Waals surface area contributed by atoms with Crippen LogP contribution in [0.4, 0.5) is 13.2 Å². The maximum Gasteiger partial charge on any atom is 0.389 e. The van der Waals surface area contributed by atoms with Crippen molar-refractivity contribution in [1.82, 2.24) is 0 Å². The quantitative estimate of drug-likeness (QED) is 0.782. The van der Waals surface area contributed by atoms with Crippen LogP contribution in [-0.2, 0) is 9.59 Å². The van der Waals surface area contributed by atoms with Crippen LogP contribution in [0.15, 0.2) is 0 Å². The Labute approximate surface area is 97.0 Å². The van der Waals surface area contributed by atoms with Crippen molar-refractivity contribution < 1.29 is 27.9 Å². The fraction of sp³-hybridized carbons (Fsp3) is 0.818. The van der Waals surface area contributed by atoms with Gasteiger partial charge in [0.1, 0.15) is 11.2 Å². The van der Waals surface area contributed by atoms with Gasteiger partial charge in [0.25, 0.3) is 0 Å². The lowest BCUT2D eigenvalue weighted by molar-refractivity contribution is -0.160. The maximum atomic E-state index is 12.0. The van der Waals surface area contributed by atoms with Gasteiger partial charge in [0.2, 0.25) is 0 Å². The van der Waals surface area contributed by atoms with Gasteiger partial charge in [-0.15, -0.1) is 0 Å². The van der Waals surface area contributed by atoms with E-state index in [2.05, 4.69) is 0 Å². The third-order valence-corrected chi connectivity index (χ3v) is 3.26. The number of carboxylic acids is 1. The summed E-state index contributed by atoms with van der Waals surface area (Å²) in [4.78, 5) is 22.8. The Morgan fingerprint density at radius 3 is 2.47 bits per heavy atom. The van der Waals surface area contributed by atoms with E-state index in [1.165, 1.54) is 0 Å². The molecular weight excluding hydrogens is 237 g/mol. The normalized spacial score (nSPS) is 25.9. The van der Waals surface area contributed by atoms with E-state index < -0.39 is 29.8 Å². The van der Waals surface area contributed by atoms with E-state index in [-0.39, 0.29) is 25.7 Å². The van der Waals surface area contributed by atoms with Gasteiger partial charge in [-0.3, -0.25) is 9.59 Å². The molecule has 0 aliphatic heterocycles. The average molecular weight is 252 g/mol. The Morgan fingerprint density at radius 2 is 2.00 bits per heavy atom. The third kappa shape index (κ3) is 3.44. The third-order valence-electron chi connectivity index (χ3n) is 3.26. The first-order valence-corrected chi connectivity index (χ1v) is 5.61.